The zero-order chi connectivity index (χ0) is 28.4. The van der Waals surface area contributed by atoms with Crippen LogP contribution in [0, 0.1) is 0 Å². The number of aliphatic carboxylic acids is 1. The van der Waals surface area contributed by atoms with Crippen LogP contribution in [-0.2, 0) is 22.8 Å². The average Bonchev–Trinajstić information content (AvgIpc) is 2.87. The SMILES string of the molecule is CC(C)(C)c1ccc(Oc2ccc3cc(C(=O)N[C@@H](Cc4ccc(C(F)(F)F)cc4)C(=O)O)ncc3c2)cc1. The molecule has 0 aliphatic rings. The maximum absolute atomic E-state index is 12.8. The molecule has 1 aromatic heterocycles. The number of benzene rings is 3. The number of aromatic nitrogens is 1. The molecule has 0 unspecified atom stereocenters. The first-order valence-corrected chi connectivity index (χ1v) is 12.2. The Hall–Kier alpha value is -4.40. The second kappa shape index (κ2) is 10.8. The van der Waals surface area contributed by atoms with Gasteiger partial charge >= 0.3 is 12.1 Å². The Morgan fingerprint density at radius 3 is 2.08 bits per heavy atom. The number of carboxylic acids is 1. The number of nitrogens with one attached hydrogen (secondary N) is 1. The van der Waals surface area contributed by atoms with Gasteiger partial charge in [0.15, 0.2) is 0 Å². The Bertz CT molecular complexity index is 1490. The fourth-order valence-corrected chi connectivity index (χ4v) is 3.96. The molecule has 0 aliphatic heterocycles. The fourth-order valence-electron chi connectivity index (χ4n) is 3.96. The van der Waals surface area contributed by atoms with Crippen molar-refractivity contribution < 1.29 is 32.6 Å². The molecule has 9 heteroatoms. The van der Waals surface area contributed by atoms with Crippen LogP contribution in [0.4, 0.5) is 13.2 Å². The van der Waals surface area contributed by atoms with E-state index in [0.717, 1.165) is 17.5 Å². The number of hydrogen-bond donors (Lipinski definition) is 2. The first-order chi connectivity index (χ1) is 18.3. The molecule has 0 saturated carbocycles. The van der Waals surface area contributed by atoms with E-state index in [1.165, 1.54) is 30.0 Å². The third kappa shape index (κ3) is 6.93. The molecule has 4 aromatic rings. The molecule has 39 heavy (non-hydrogen) atoms. The summed E-state index contributed by atoms with van der Waals surface area (Å²) in [6.45, 7) is 6.40. The number of carbonyl (C=O) groups is 2. The maximum Gasteiger partial charge on any atom is 0.416 e. The van der Waals surface area contributed by atoms with E-state index in [-0.39, 0.29) is 17.5 Å². The zero-order valence-electron chi connectivity index (χ0n) is 21.5. The van der Waals surface area contributed by atoms with E-state index in [2.05, 4.69) is 31.1 Å². The molecule has 0 aliphatic carbocycles. The van der Waals surface area contributed by atoms with Crippen molar-refractivity contribution in [2.45, 2.75) is 44.8 Å². The van der Waals surface area contributed by atoms with Crippen LogP contribution in [0.3, 0.4) is 0 Å². The van der Waals surface area contributed by atoms with E-state index in [9.17, 15) is 27.9 Å². The van der Waals surface area contributed by atoms with Crippen LogP contribution in [0.25, 0.3) is 10.8 Å². The third-order valence-electron chi connectivity index (χ3n) is 6.21. The minimum absolute atomic E-state index is 0.00704. The molecule has 4 rings (SSSR count). The van der Waals surface area contributed by atoms with E-state index in [4.69, 9.17) is 4.74 Å². The summed E-state index contributed by atoms with van der Waals surface area (Å²) in [6.07, 6.45) is -3.19. The van der Waals surface area contributed by atoms with Crippen molar-refractivity contribution in [1.29, 1.82) is 0 Å². The first-order valence-electron chi connectivity index (χ1n) is 12.2. The highest BCUT2D eigenvalue weighted by Gasteiger charge is 2.30. The summed E-state index contributed by atoms with van der Waals surface area (Å²) in [4.78, 5) is 28.7. The van der Waals surface area contributed by atoms with Crippen molar-refractivity contribution in [1.82, 2.24) is 10.3 Å². The molecule has 1 atom stereocenters. The van der Waals surface area contributed by atoms with Gasteiger partial charge in [-0.1, -0.05) is 51.1 Å². The van der Waals surface area contributed by atoms with Crippen molar-refractivity contribution in [2.24, 2.45) is 0 Å². The quantitative estimate of drug-likeness (QED) is 0.272. The van der Waals surface area contributed by atoms with Crippen LogP contribution in [-0.4, -0.2) is 28.0 Å². The van der Waals surface area contributed by atoms with Gasteiger partial charge in [0.25, 0.3) is 5.91 Å². The Balaban J connectivity index is 1.45. The number of halogens is 3. The molecule has 2 N–H and O–H groups in total. The lowest BCUT2D eigenvalue weighted by molar-refractivity contribution is -0.139. The average molecular weight is 537 g/mol. The Morgan fingerprint density at radius 1 is 0.872 bits per heavy atom. The molecule has 6 nitrogen and oxygen atoms in total. The summed E-state index contributed by atoms with van der Waals surface area (Å²) in [5, 5.41) is 13.4. The molecule has 0 fully saturated rings. The topological polar surface area (TPSA) is 88.5 Å². The minimum atomic E-state index is -4.49. The van der Waals surface area contributed by atoms with Gasteiger partial charge in [-0.15, -0.1) is 0 Å². The highest BCUT2D eigenvalue weighted by Crippen LogP contribution is 2.30. The molecule has 3 aromatic carbocycles. The van der Waals surface area contributed by atoms with Crippen LogP contribution < -0.4 is 10.1 Å². The number of rotatable bonds is 7. The van der Waals surface area contributed by atoms with Gasteiger partial charge < -0.3 is 15.2 Å². The highest BCUT2D eigenvalue weighted by atomic mass is 19.4. The van der Waals surface area contributed by atoms with Crippen molar-refractivity contribution in [2.75, 3.05) is 0 Å². The van der Waals surface area contributed by atoms with E-state index < -0.39 is 29.7 Å². The number of carbonyl (C=O) groups excluding carboxylic acids is 1. The molecule has 1 heterocycles. The summed E-state index contributed by atoms with van der Waals surface area (Å²) in [5.74, 6) is -0.761. The van der Waals surface area contributed by atoms with E-state index >= 15 is 0 Å². The number of hydrogen-bond acceptors (Lipinski definition) is 4. The zero-order valence-corrected chi connectivity index (χ0v) is 21.5. The summed E-state index contributed by atoms with van der Waals surface area (Å²) in [5.41, 5.74) is 0.724. The lowest BCUT2D eigenvalue weighted by Crippen LogP contribution is -2.42. The molecule has 0 spiro atoms. The van der Waals surface area contributed by atoms with Gasteiger partial charge in [0.1, 0.15) is 23.2 Å². The fraction of sp³-hybridized carbons (Fsp3) is 0.233. The molecule has 0 bridgehead atoms. The molecule has 0 radical (unpaired) electrons. The highest BCUT2D eigenvalue weighted by molar-refractivity contribution is 5.98. The van der Waals surface area contributed by atoms with Crippen molar-refractivity contribution in [3.05, 3.63) is 101 Å². The summed E-state index contributed by atoms with van der Waals surface area (Å²) in [6, 6.07) is 17.5. The Kier molecular flexibility index (Phi) is 7.63. The summed E-state index contributed by atoms with van der Waals surface area (Å²) >= 11 is 0. The number of amides is 1. The van der Waals surface area contributed by atoms with Gasteiger partial charge in [-0.2, -0.15) is 13.2 Å². The second-order valence-corrected chi connectivity index (χ2v) is 10.2. The monoisotopic (exact) mass is 536 g/mol. The van der Waals surface area contributed by atoms with E-state index in [1.54, 1.807) is 18.2 Å². The van der Waals surface area contributed by atoms with Crippen LogP contribution in [0.5, 0.6) is 11.5 Å². The summed E-state index contributed by atoms with van der Waals surface area (Å²) in [7, 11) is 0. The molecule has 1 amide bonds. The second-order valence-electron chi connectivity index (χ2n) is 10.2. The van der Waals surface area contributed by atoms with Crippen LogP contribution in [0.15, 0.2) is 79.0 Å². The predicted molar refractivity (Wildman–Crippen MR) is 141 cm³/mol. The smallest absolute Gasteiger partial charge is 0.416 e. The van der Waals surface area contributed by atoms with Crippen molar-refractivity contribution >= 4 is 22.6 Å². The van der Waals surface area contributed by atoms with Crippen molar-refractivity contribution in [3.63, 3.8) is 0 Å². The Morgan fingerprint density at radius 2 is 1.49 bits per heavy atom. The third-order valence-corrected chi connectivity index (χ3v) is 6.21. The lowest BCUT2D eigenvalue weighted by Gasteiger charge is -2.19. The standard InChI is InChI=1S/C30H27F3N2O4/c1-29(2,3)21-9-12-23(13-10-21)39-24-11-6-19-16-25(34-17-20(19)15-24)27(36)35-26(28(37)38)14-18-4-7-22(8-5-18)30(31,32)33/h4-13,15-17,26H,14H2,1-3H3,(H,35,36)(H,37,38)/t26-/m0/s1. The number of nitrogens with zero attached hydrogens (tertiary/aromatic N) is 1. The van der Waals surface area contributed by atoms with Gasteiger partial charge in [0.05, 0.1) is 5.56 Å². The number of fused-ring (bicyclic) bond motifs is 1. The molecule has 0 saturated heterocycles. The van der Waals surface area contributed by atoms with Gasteiger partial charge in [-0.25, -0.2) is 4.79 Å². The molecule has 202 valence electrons. The largest absolute Gasteiger partial charge is 0.480 e. The number of alkyl halides is 3. The van der Waals surface area contributed by atoms with Gasteiger partial charge in [0.2, 0.25) is 0 Å². The van der Waals surface area contributed by atoms with Gasteiger partial charge in [0, 0.05) is 18.0 Å². The van der Waals surface area contributed by atoms with E-state index in [1.807, 2.05) is 24.3 Å². The maximum atomic E-state index is 12.8. The summed E-state index contributed by atoms with van der Waals surface area (Å²) < 4.78 is 44.3. The number of carboxylic acid groups (broad SMARTS) is 1. The number of pyridine rings is 1. The van der Waals surface area contributed by atoms with Crippen LogP contribution in [0.1, 0.15) is 48.0 Å². The first kappa shape index (κ1) is 27.6. The normalized spacial score (nSPS) is 12.7. The Labute approximate surface area is 223 Å². The van der Waals surface area contributed by atoms with Crippen LogP contribution >= 0.6 is 0 Å². The van der Waals surface area contributed by atoms with Crippen molar-refractivity contribution in [3.8, 4) is 11.5 Å². The minimum Gasteiger partial charge on any atom is -0.480 e. The van der Waals surface area contributed by atoms with E-state index in [0.29, 0.717) is 22.4 Å². The predicted octanol–water partition coefficient (Wildman–Crippen LogP) is 6.77. The molecular weight excluding hydrogens is 509 g/mol. The van der Waals surface area contributed by atoms with Gasteiger partial charge in [-0.05, 0) is 64.4 Å². The van der Waals surface area contributed by atoms with Crippen LogP contribution in [0.2, 0.25) is 0 Å². The molecular formula is C30H27F3N2O4. The lowest BCUT2D eigenvalue weighted by atomic mass is 9.87. The number of ether oxygens (including phenoxy) is 1. The van der Waals surface area contributed by atoms with Gasteiger partial charge in [-0.3, -0.25) is 9.78 Å².